The van der Waals surface area contributed by atoms with E-state index < -0.39 is 0 Å². The largest absolute Gasteiger partial charge is 0.508 e. The molecule has 1 aliphatic heterocycles. The number of phenols is 1. The summed E-state index contributed by atoms with van der Waals surface area (Å²) in [7, 11) is 1.96. The Morgan fingerprint density at radius 3 is 2.82 bits per heavy atom. The lowest BCUT2D eigenvalue weighted by atomic mass is 10.0. The van der Waals surface area contributed by atoms with Crippen LogP contribution in [0.3, 0.4) is 0 Å². The average molecular weight is 229 g/mol. The van der Waals surface area contributed by atoms with Gasteiger partial charge in [0.1, 0.15) is 11.6 Å². The van der Waals surface area contributed by atoms with Crippen LogP contribution < -0.4 is 5.32 Å². The molecule has 0 spiro atoms. The Labute approximate surface area is 99.9 Å². The topological polar surface area (TPSA) is 50.1 Å². The Kier molecular flexibility index (Phi) is 2.28. The van der Waals surface area contributed by atoms with E-state index in [0.717, 1.165) is 36.5 Å². The van der Waals surface area contributed by atoms with Gasteiger partial charge in [0.2, 0.25) is 0 Å². The van der Waals surface area contributed by atoms with Crippen LogP contribution in [0.25, 0.3) is 11.3 Å². The molecule has 1 aromatic heterocycles. The lowest BCUT2D eigenvalue weighted by molar-refractivity contribution is 0.475. The molecule has 0 saturated heterocycles. The number of aryl methyl sites for hydroxylation is 1. The minimum Gasteiger partial charge on any atom is -0.508 e. The second kappa shape index (κ2) is 3.80. The first-order valence-electron chi connectivity index (χ1n) is 5.85. The van der Waals surface area contributed by atoms with Crippen molar-refractivity contribution in [2.24, 2.45) is 7.05 Å². The summed E-state index contributed by atoms with van der Waals surface area (Å²) in [6.45, 7) is 1.02. The van der Waals surface area contributed by atoms with Gasteiger partial charge in [-0.3, -0.25) is 4.68 Å². The zero-order chi connectivity index (χ0) is 11.8. The standard InChI is InChI=1S/C13H15N3O/c1-16-13-11(3-2-8-14-13)12(15-16)9-4-6-10(17)7-5-9/h4-7,14,17H,2-3,8H2,1H3. The van der Waals surface area contributed by atoms with Crippen LogP contribution in [0.15, 0.2) is 24.3 Å². The molecule has 0 amide bonds. The molecule has 0 aliphatic carbocycles. The van der Waals surface area contributed by atoms with Crippen LogP contribution in [0, 0.1) is 0 Å². The Balaban J connectivity index is 2.11. The van der Waals surface area contributed by atoms with E-state index in [0.29, 0.717) is 0 Å². The fraction of sp³-hybridized carbons (Fsp3) is 0.308. The lowest BCUT2D eigenvalue weighted by Crippen LogP contribution is -2.13. The number of nitrogens with one attached hydrogen (secondary N) is 1. The summed E-state index contributed by atoms with van der Waals surface area (Å²) in [6.07, 6.45) is 2.20. The number of anilines is 1. The molecule has 2 aromatic rings. The van der Waals surface area contributed by atoms with Gasteiger partial charge in [0.25, 0.3) is 0 Å². The van der Waals surface area contributed by atoms with Crippen molar-refractivity contribution in [3.63, 3.8) is 0 Å². The molecule has 3 rings (SSSR count). The van der Waals surface area contributed by atoms with Crippen LogP contribution in [0.5, 0.6) is 5.75 Å². The third kappa shape index (κ3) is 1.65. The van der Waals surface area contributed by atoms with Crippen LogP contribution in [-0.2, 0) is 13.5 Å². The first kappa shape index (κ1) is 10.2. The van der Waals surface area contributed by atoms with Gasteiger partial charge in [-0.1, -0.05) is 0 Å². The number of benzene rings is 1. The van der Waals surface area contributed by atoms with Gasteiger partial charge in [0, 0.05) is 24.7 Å². The van der Waals surface area contributed by atoms with Crippen molar-refractivity contribution >= 4 is 5.82 Å². The number of fused-ring (bicyclic) bond motifs is 1. The first-order valence-corrected chi connectivity index (χ1v) is 5.85. The van der Waals surface area contributed by atoms with Gasteiger partial charge >= 0.3 is 0 Å². The molecule has 0 bridgehead atoms. The summed E-state index contributed by atoms with van der Waals surface area (Å²) >= 11 is 0. The fourth-order valence-electron chi connectivity index (χ4n) is 2.35. The van der Waals surface area contributed by atoms with E-state index in [1.165, 1.54) is 5.56 Å². The second-order valence-corrected chi connectivity index (χ2v) is 4.38. The van der Waals surface area contributed by atoms with Gasteiger partial charge in [-0.05, 0) is 37.1 Å². The Morgan fingerprint density at radius 2 is 2.06 bits per heavy atom. The van der Waals surface area contributed by atoms with Gasteiger partial charge in [-0.25, -0.2) is 0 Å². The van der Waals surface area contributed by atoms with Crippen molar-refractivity contribution in [3.05, 3.63) is 29.8 Å². The molecular formula is C13H15N3O. The highest BCUT2D eigenvalue weighted by molar-refractivity contribution is 5.70. The molecular weight excluding hydrogens is 214 g/mol. The number of aromatic hydroxyl groups is 1. The summed E-state index contributed by atoms with van der Waals surface area (Å²) in [4.78, 5) is 0. The van der Waals surface area contributed by atoms with E-state index >= 15 is 0 Å². The molecule has 4 heteroatoms. The first-order chi connectivity index (χ1) is 8.25. The summed E-state index contributed by atoms with van der Waals surface area (Å²) in [5.74, 6) is 1.41. The second-order valence-electron chi connectivity index (χ2n) is 4.38. The van der Waals surface area contributed by atoms with Crippen LogP contribution >= 0.6 is 0 Å². The molecule has 0 fully saturated rings. The fourth-order valence-corrected chi connectivity index (χ4v) is 2.35. The zero-order valence-electron chi connectivity index (χ0n) is 9.77. The van der Waals surface area contributed by atoms with Gasteiger partial charge in [-0.15, -0.1) is 0 Å². The van der Waals surface area contributed by atoms with Crippen molar-refractivity contribution in [3.8, 4) is 17.0 Å². The van der Waals surface area contributed by atoms with Gasteiger partial charge in [-0.2, -0.15) is 5.10 Å². The SMILES string of the molecule is Cn1nc(-c2ccc(O)cc2)c2c1NCCC2. The molecule has 4 nitrogen and oxygen atoms in total. The molecule has 0 unspecified atom stereocenters. The van der Waals surface area contributed by atoms with Crippen LogP contribution in [-0.4, -0.2) is 21.4 Å². The molecule has 0 radical (unpaired) electrons. The molecule has 2 heterocycles. The number of nitrogens with zero attached hydrogens (tertiary/aromatic N) is 2. The molecule has 1 aliphatic rings. The number of hydrogen-bond donors (Lipinski definition) is 2. The molecule has 0 saturated carbocycles. The van der Waals surface area contributed by atoms with Crippen molar-refractivity contribution in [2.45, 2.75) is 12.8 Å². The van der Waals surface area contributed by atoms with E-state index in [2.05, 4.69) is 10.4 Å². The normalized spacial score (nSPS) is 14.2. The quantitative estimate of drug-likeness (QED) is 0.787. The minimum absolute atomic E-state index is 0.289. The highest BCUT2D eigenvalue weighted by Gasteiger charge is 2.19. The lowest BCUT2D eigenvalue weighted by Gasteiger charge is -2.15. The zero-order valence-corrected chi connectivity index (χ0v) is 9.77. The predicted octanol–water partition coefficient (Wildman–Crippen LogP) is 2.15. The highest BCUT2D eigenvalue weighted by atomic mass is 16.3. The maximum Gasteiger partial charge on any atom is 0.127 e. The van der Waals surface area contributed by atoms with Crippen molar-refractivity contribution < 1.29 is 5.11 Å². The van der Waals surface area contributed by atoms with E-state index in [-0.39, 0.29) is 5.75 Å². The number of phenolic OH excluding ortho intramolecular Hbond substituents is 1. The van der Waals surface area contributed by atoms with Crippen LogP contribution in [0.4, 0.5) is 5.82 Å². The van der Waals surface area contributed by atoms with E-state index in [1.807, 2.05) is 23.9 Å². The Bertz CT molecular complexity index is 543. The Morgan fingerprint density at radius 1 is 1.29 bits per heavy atom. The van der Waals surface area contributed by atoms with Crippen molar-refractivity contribution in [1.82, 2.24) is 9.78 Å². The number of aromatic nitrogens is 2. The van der Waals surface area contributed by atoms with Gasteiger partial charge in [0.05, 0.1) is 5.69 Å². The highest BCUT2D eigenvalue weighted by Crippen LogP contribution is 2.32. The maximum atomic E-state index is 9.31. The van der Waals surface area contributed by atoms with Crippen LogP contribution in [0.2, 0.25) is 0 Å². The molecule has 88 valence electrons. The molecule has 0 atom stereocenters. The van der Waals surface area contributed by atoms with Gasteiger partial charge in [0.15, 0.2) is 0 Å². The van der Waals surface area contributed by atoms with E-state index in [4.69, 9.17) is 0 Å². The van der Waals surface area contributed by atoms with Crippen LogP contribution in [0.1, 0.15) is 12.0 Å². The summed E-state index contributed by atoms with van der Waals surface area (Å²) in [6, 6.07) is 7.22. The molecule has 2 N–H and O–H groups in total. The molecule has 1 aromatic carbocycles. The summed E-state index contributed by atoms with van der Waals surface area (Å²) in [5, 5.41) is 17.3. The monoisotopic (exact) mass is 229 g/mol. The minimum atomic E-state index is 0.289. The maximum absolute atomic E-state index is 9.31. The summed E-state index contributed by atoms with van der Waals surface area (Å²) in [5.41, 5.74) is 3.36. The smallest absolute Gasteiger partial charge is 0.127 e. The average Bonchev–Trinajstić information content (AvgIpc) is 2.69. The van der Waals surface area contributed by atoms with Gasteiger partial charge < -0.3 is 10.4 Å². The number of hydrogen-bond acceptors (Lipinski definition) is 3. The van der Waals surface area contributed by atoms with E-state index in [9.17, 15) is 5.11 Å². The third-order valence-electron chi connectivity index (χ3n) is 3.18. The van der Waals surface area contributed by atoms with E-state index in [1.54, 1.807) is 12.1 Å². The summed E-state index contributed by atoms with van der Waals surface area (Å²) < 4.78 is 1.90. The number of rotatable bonds is 1. The third-order valence-corrected chi connectivity index (χ3v) is 3.18. The van der Waals surface area contributed by atoms with Crippen molar-refractivity contribution in [2.75, 3.05) is 11.9 Å². The van der Waals surface area contributed by atoms with Crippen molar-refractivity contribution in [1.29, 1.82) is 0 Å². The predicted molar refractivity (Wildman–Crippen MR) is 67.1 cm³/mol. The Hall–Kier alpha value is -1.97. The molecule has 17 heavy (non-hydrogen) atoms.